The second-order valence-corrected chi connectivity index (χ2v) is 7.17. The Balaban J connectivity index is 2.22. The molecule has 0 saturated carbocycles. The molecule has 2 rings (SSSR count). The maximum absolute atomic E-state index is 4.50. The summed E-state index contributed by atoms with van der Waals surface area (Å²) in [6, 6.07) is 14.2. The van der Waals surface area contributed by atoms with E-state index < -0.39 is 0 Å². The quantitative estimate of drug-likeness (QED) is 0.408. The summed E-state index contributed by atoms with van der Waals surface area (Å²) in [6.45, 7) is 1.94. The van der Waals surface area contributed by atoms with Crippen LogP contribution in [0.25, 0.3) is 0 Å². The van der Waals surface area contributed by atoms with Crippen molar-refractivity contribution >= 4 is 50.7 Å². The van der Waals surface area contributed by atoms with E-state index in [1.807, 2.05) is 50.2 Å². The number of halogens is 1. The van der Waals surface area contributed by atoms with Crippen molar-refractivity contribution in [2.45, 2.75) is 21.7 Å². The van der Waals surface area contributed by atoms with Crippen LogP contribution in [-0.2, 0) is 0 Å². The molecule has 0 spiro atoms. The van der Waals surface area contributed by atoms with E-state index in [1.165, 1.54) is 16.7 Å². The molecule has 4 nitrogen and oxygen atoms in total. The van der Waals surface area contributed by atoms with Gasteiger partial charge in [0, 0.05) is 30.1 Å². The topological polar surface area (TPSA) is 40.9 Å². The van der Waals surface area contributed by atoms with Gasteiger partial charge in [-0.25, -0.2) is 9.98 Å². The second-order valence-electron chi connectivity index (χ2n) is 4.74. The Morgan fingerprint density at radius 3 is 2.52 bits per heavy atom. The van der Waals surface area contributed by atoms with Crippen molar-refractivity contribution in [2.24, 2.45) is 9.01 Å². The molecule has 0 bridgehead atoms. The van der Waals surface area contributed by atoms with Gasteiger partial charge in [-0.2, -0.15) is 4.02 Å². The first-order valence-corrected chi connectivity index (χ1v) is 9.21. The molecule has 0 aliphatic heterocycles. The maximum atomic E-state index is 4.50. The largest absolute Gasteiger partial charge is 0.366 e. The van der Waals surface area contributed by atoms with Crippen LogP contribution in [0.4, 0.5) is 0 Å². The molecule has 1 heterocycles. The fraction of sp³-hybridized carbons (Fsp3) is 0.188. The predicted molar refractivity (Wildman–Crippen MR) is 104 cm³/mol. The third kappa shape index (κ3) is 5.67. The first-order valence-electron chi connectivity index (χ1n) is 6.87. The molecule has 0 aliphatic rings. The molecule has 23 heavy (non-hydrogen) atoms. The summed E-state index contributed by atoms with van der Waals surface area (Å²) in [5.74, 6) is 0.879. The highest BCUT2D eigenvalue weighted by Gasteiger charge is 2.10. The smallest absolute Gasteiger partial charge is 0.202 e. The summed E-state index contributed by atoms with van der Waals surface area (Å²) < 4.78 is 4.08. The number of rotatable bonds is 3. The zero-order chi connectivity index (χ0) is 16.7. The minimum Gasteiger partial charge on any atom is -0.366 e. The van der Waals surface area contributed by atoms with Gasteiger partial charge in [-0.05, 0) is 43.0 Å². The molecular weight excluding hydrogens is 392 g/mol. The molecule has 7 heteroatoms. The van der Waals surface area contributed by atoms with Crippen LogP contribution in [0.5, 0.6) is 0 Å². The molecule has 0 aliphatic carbocycles. The lowest BCUT2D eigenvalue weighted by Gasteiger charge is -2.11. The Morgan fingerprint density at radius 1 is 1.13 bits per heavy atom. The third-order valence-electron chi connectivity index (χ3n) is 2.87. The van der Waals surface area contributed by atoms with Gasteiger partial charge in [0.15, 0.2) is 0 Å². The zero-order valence-corrected chi connectivity index (χ0v) is 16.3. The van der Waals surface area contributed by atoms with Crippen LogP contribution in [0.1, 0.15) is 6.92 Å². The number of benzene rings is 1. The Labute approximate surface area is 153 Å². The molecule has 0 unspecified atom stereocenters. The van der Waals surface area contributed by atoms with Crippen LogP contribution in [0.3, 0.4) is 0 Å². The molecular formula is C16H17BrN4S2. The fourth-order valence-corrected chi connectivity index (χ4v) is 3.58. The Bertz CT molecular complexity index is 702. The van der Waals surface area contributed by atoms with Crippen LogP contribution in [0.15, 0.2) is 72.5 Å². The highest BCUT2D eigenvalue weighted by molar-refractivity contribution is 9.08. The van der Waals surface area contributed by atoms with E-state index in [2.05, 4.69) is 48.3 Å². The first kappa shape index (κ1) is 18.0. The van der Waals surface area contributed by atoms with E-state index in [0.717, 1.165) is 15.8 Å². The van der Waals surface area contributed by atoms with Gasteiger partial charge in [-0.3, -0.25) is 0 Å². The van der Waals surface area contributed by atoms with Crippen LogP contribution in [0, 0.1) is 0 Å². The lowest BCUT2D eigenvalue weighted by atomic mass is 10.4. The molecule has 0 amide bonds. The van der Waals surface area contributed by atoms with Crippen LogP contribution < -0.4 is 0 Å². The standard InChI is InChI=1S/C16H17BrN4S2/c1-12(21(2)3)19-16(20-17)23-15-14(10-7-11-18-15)22-13-8-5-4-6-9-13/h4-11H,1-3H3. The molecule has 1 aromatic carbocycles. The van der Waals surface area contributed by atoms with Gasteiger partial charge in [-0.15, -0.1) is 0 Å². The Morgan fingerprint density at radius 2 is 1.87 bits per heavy atom. The number of aliphatic imine (C=N–C) groups is 1. The maximum Gasteiger partial charge on any atom is 0.202 e. The number of amidine groups is 2. The normalized spacial score (nSPS) is 12.3. The van der Waals surface area contributed by atoms with Crippen molar-refractivity contribution in [2.75, 3.05) is 14.1 Å². The van der Waals surface area contributed by atoms with E-state index in [4.69, 9.17) is 0 Å². The van der Waals surface area contributed by atoms with Gasteiger partial charge in [0.1, 0.15) is 10.9 Å². The third-order valence-corrected chi connectivity index (χ3v) is 5.51. The average molecular weight is 409 g/mol. The minimum absolute atomic E-state index is 0.616. The summed E-state index contributed by atoms with van der Waals surface area (Å²) >= 11 is 6.27. The van der Waals surface area contributed by atoms with Crippen LogP contribution >= 0.6 is 39.7 Å². The summed E-state index contributed by atoms with van der Waals surface area (Å²) in [7, 11) is 3.90. The molecule has 0 atom stereocenters. The van der Waals surface area contributed by atoms with Gasteiger partial charge in [0.25, 0.3) is 0 Å². The Kier molecular flexibility index (Phi) is 7.14. The number of pyridine rings is 1. The zero-order valence-electron chi connectivity index (χ0n) is 13.1. The number of hydrogen-bond donors (Lipinski definition) is 0. The van der Waals surface area contributed by atoms with E-state index >= 15 is 0 Å². The van der Waals surface area contributed by atoms with Crippen molar-refractivity contribution in [3.63, 3.8) is 0 Å². The van der Waals surface area contributed by atoms with Gasteiger partial charge in [0.05, 0.1) is 16.1 Å². The summed E-state index contributed by atoms with van der Waals surface area (Å²) in [6.07, 6.45) is 1.78. The van der Waals surface area contributed by atoms with E-state index in [-0.39, 0.29) is 0 Å². The summed E-state index contributed by atoms with van der Waals surface area (Å²) in [5.41, 5.74) is 0. The molecule has 1 aromatic heterocycles. The molecule has 0 fully saturated rings. The predicted octanol–water partition coefficient (Wildman–Crippen LogP) is 4.97. The van der Waals surface area contributed by atoms with E-state index in [9.17, 15) is 0 Å². The monoisotopic (exact) mass is 408 g/mol. The summed E-state index contributed by atoms with van der Waals surface area (Å²) in [4.78, 5) is 13.2. The molecule has 0 radical (unpaired) electrons. The molecule has 0 saturated heterocycles. The number of aromatic nitrogens is 1. The van der Waals surface area contributed by atoms with Crippen molar-refractivity contribution in [3.05, 3.63) is 48.7 Å². The molecule has 2 aromatic rings. The lowest BCUT2D eigenvalue weighted by Crippen LogP contribution is -2.19. The average Bonchev–Trinajstić information content (AvgIpc) is 2.56. The van der Waals surface area contributed by atoms with Gasteiger partial charge in [-0.1, -0.05) is 30.0 Å². The van der Waals surface area contributed by atoms with Crippen LogP contribution in [0.2, 0.25) is 0 Å². The minimum atomic E-state index is 0.616. The first-order chi connectivity index (χ1) is 11.1. The van der Waals surface area contributed by atoms with Crippen molar-refractivity contribution in [3.8, 4) is 0 Å². The number of thioether (sulfide) groups is 1. The van der Waals surface area contributed by atoms with Gasteiger partial charge in [0.2, 0.25) is 5.17 Å². The SMILES string of the molecule is CC(=NC(=NBr)Sc1ncccc1Sc1ccccc1)N(C)C. The van der Waals surface area contributed by atoms with Gasteiger partial charge >= 0.3 is 0 Å². The van der Waals surface area contributed by atoms with Crippen molar-refractivity contribution in [1.29, 1.82) is 0 Å². The van der Waals surface area contributed by atoms with Crippen molar-refractivity contribution in [1.82, 2.24) is 9.88 Å². The highest BCUT2D eigenvalue weighted by atomic mass is 79.9. The molecule has 120 valence electrons. The number of hydrogen-bond acceptors (Lipinski definition) is 4. The number of nitrogens with zero attached hydrogens (tertiary/aromatic N) is 4. The fourth-order valence-electron chi connectivity index (χ4n) is 1.53. The van der Waals surface area contributed by atoms with E-state index in [0.29, 0.717) is 5.17 Å². The van der Waals surface area contributed by atoms with E-state index in [1.54, 1.807) is 18.0 Å². The van der Waals surface area contributed by atoms with Crippen LogP contribution in [-0.4, -0.2) is 35.0 Å². The molecule has 0 N–H and O–H groups in total. The highest BCUT2D eigenvalue weighted by Crippen LogP contribution is 2.34. The van der Waals surface area contributed by atoms with Gasteiger partial charge < -0.3 is 4.90 Å². The Hall–Kier alpha value is -1.31. The van der Waals surface area contributed by atoms with Crippen molar-refractivity contribution < 1.29 is 0 Å². The summed E-state index contributed by atoms with van der Waals surface area (Å²) in [5, 5.41) is 1.50. The second kappa shape index (κ2) is 9.10. The lowest BCUT2D eigenvalue weighted by molar-refractivity contribution is 0.620.